The maximum atomic E-state index is 10.8. The standard InChI is InChI=1S/C8H15NO4/c1-7(2)5(9(11)12)8(3,4)13-6(7)10/h5-6,10H,1-4H3. The molecule has 13 heavy (non-hydrogen) atoms. The van der Waals surface area contributed by atoms with E-state index in [0.29, 0.717) is 0 Å². The van der Waals surface area contributed by atoms with Crippen molar-refractivity contribution in [2.24, 2.45) is 5.41 Å². The summed E-state index contributed by atoms with van der Waals surface area (Å²) in [4.78, 5) is 10.4. The molecule has 0 spiro atoms. The molecule has 1 N–H and O–H groups in total. The smallest absolute Gasteiger partial charge is 0.250 e. The molecule has 1 rings (SSSR count). The van der Waals surface area contributed by atoms with Crippen molar-refractivity contribution < 1.29 is 14.8 Å². The lowest BCUT2D eigenvalue weighted by atomic mass is 9.79. The lowest BCUT2D eigenvalue weighted by Crippen LogP contribution is -2.46. The van der Waals surface area contributed by atoms with E-state index in [-0.39, 0.29) is 4.92 Å². The van der Waals surface area contributed by atoms with Crippen molar-refractivity contribution in [3.05, 3.63) is 10.1 Å². The summed E-state index contributed by atoms with van der Waals surface area (Å²) in [6.45, 7) is 6.52. The number of aliphatic hydroxyl groups is 1. The Labute approximate surface area is 76.8 Å². The molecule has 5 nitrogen and oxygen atoms in total. The predicted molar refractivity (Wildman–Crippen MR) is 45.7 cm³/mol. The van der Waals surface area contributed by atoms with Gasteiger partial charge in [-0.3, -0.25) is 10.1 Å². The van der Waals surface area contributed by atoms with Crippen molar-refractivity contribution >= 4 is 0 Å². The summed E-state index contributed by atoms with van der Waals surface area (Å²) in [6, 6.07) is -0.880. The lowest BCUT2D eigenvalue weighted by Gasteiger charge is -2.24. The Kier molecular flexibility index (Phi) is 2.12. The number of rotatable bonds is 1. The summed E-state index contributed by atoms with van der Waals surface area (Å²) in [5, 5.41) is 20.3. The number of aliphatic hydroxyl groups excluding tert-OH is 1. The highest BCUT2D eigenvalue weighted by atomic mass is 16.7. The van der Waals surface area contributed by atoms with Crippen LogP contribution in [0.25, 0.3) is 0 Å². The van der Waals surface area contributed by atoms with E-state index < -0.39 is 23.3 Å². The van der Waals surface area contributed by atoms with Crippen LogP contribution in [0.2, 0.25) is 0 Å². The Morgan fingerprint density at radius 3 is 2.00 bits per heavy atom. The Hall–Kier alpha value is -0.680. The minimum atomic E-state index is -1.07. The van der Waals surface area contributed by atoms with E-state index in [1.165, 1.54) is 0 Å². The fourth-order valence-corrected chi connectivity index (χ4v) is 2.06. The van der Waals surface area contributed by atoms with Crippen molar-refractivity contribution in [3.63, 3.8) is 0 Å². The van der Waals surface area contributed by atoms with Crippen molar-refractivity contribution in [1.29, 1.82) is 0 Å². The molecule has 1 heterocycles. The second-order valence-electron chi connectivity index (χ2n) is 4.58. The molecule has 0 aliphatic carbocycles. The first-order chi connectivity index (χ1) is 5.69. The van der Waals surface area contributed by atoms with E-state index in [1.807, 2.05) is 0 Å². The quantitative estimate of drug-likeness (QED) is 0.488. The first kappa shape index (κ1) is 10.4. The maximum absolute atomic E-state index is 10.8. The molecule has 1 aliphatic heterocycles. The van der Waals surface area contributed by atoms with E-state index in [4.69, 9.17) is 4.74 Å². The molecular formula is C8H15NO4. The normalized spacial score (nSPS) is 36.1. The molecule has 1 saturated heterocycles. The van der Waals surface area contributed by atoms with E-state index in [2.05, 4.69) is 0 Å². The van der Waals surface area contributed by atoms with Crippen LogP contribution in [-0.2, 0) is 4.74 Å². The van der Waals surface area contributed by atoms with Gasteiger partial charge in [-0.25, -0.2) is 0 Å². The molecule has 1 fully saturated rings. The molecule has 2 unspecified atom stereocenters. The summed E-state index contributed by atoms with van der Waals surface area (Å²) in [5.74, 6) is 0. The van der Waals surface area contributed by atoms with Crippen molar-refractivity contribution in [1.82, 2.24) is 0 Å². The van der Waals surface area contributed by atoms with E-state index in [0.717, 1.165) is 0 Å². The molecule has 5 heteroatoms. The zero-order valence-corrected chi connectivity index (χ0v) is 8.27. The van der Waals surface area contributed by atoms with E-state index in [1.54, 1.807) is 27.7 Å². The molecule has 1 aliphatic rings. The van der Waals surface area contributed by atoms with Gasteiger partial charge in [0.2, 0.25) is 0 Å². The highest BCUT2D eigenvalue weighted by molar-refractivity contribution is 4.98. The molecular weight excluding hydrogens is 174 g/mol. The van der Waals surface area contributed by atoms with Gasteiger partial charge in [-0.2, -0.15) is 0 Å². The fraction of sp³-hybridized carbons (Fsp3) is 1.00. The van der Waals surface area contributed by atoms with Crippen LogP contribution in [0.4, 0.5) is 0 Å². The van der Waals surface area contributed by atoms with Gasteiger partial charge in [-0.05, 0) is 27.7 Å². The fourth-order valence-electron chi connectivity index (χ4n) is 2.06. The third-order valence-corrected chi connectivity index (χ3v) is 2.63. The summed E-state index contributed by atoms with van der Waals surface area (Å²) in [5.41, 5.74) is -1.75. The van der Waals surface area contributed by atoms with Crippen LogP contribution < -0.4 is 0 Å². The van der Waals surface area contributed by atoms with Gasteiger partial charge in [0.05, 0.1) is 5.41 Å². The van der Waals surface area contributed by atoms with Gasteiger partial charge in [0.1, 0.15) is 5.60 Å². The van der Waals surface area contributed by atoms with E-state index in [9.17, 15) is 15.2 Å². The molecule has 76 valence electrons. The molecule has 0 amide bonds. The van der Waals surface area contributed by atoms with Crippen LogP contribution in [0.5, 0.6) is 0 Å². The molecule has 0 aromatic rings. The van der Waals surface area contributed by atoms with Crippen LogP contribution in [0, 0.1) is 15.5 Å². The SMILES string of the molecule is CC1(C)OC(O)C(C)(C)C1[N+](=O)[O-]. The van der Waals surface area contributed by atoms with Gasteiger partial charge >= 0.3 is 0 Å². The second kappa shape index (κ2) is 2.65. The van der Waals surface area contributed by atoms with Crippen LogP contribution in [0.3, 0.4) is 0 Å². The third-order valence-electron chi connectivity index (χ3n) is 2.63. The summed E-state index contributed by atoms with van der Waals surface area (Å²) in [7, 11) is 0. The maximum Gasteiger partial charge on any atom is 0.250 e. The van der Waals surface area contributed by atoms with Gasteiger partial charge in [0.25, 0.3) is 6.04 Å². The van der Waals surface area contributed by atoms with Gasteiger partial charge in [0.15, 0.2) is 6.29 Å². The van der Waals surface area contributed by atoms with Crippen molar-refractivity contribution in [2.45, 2.75) is 45.6 Å². The Bertz CT molecular complexity index is 236. The Morgan fingerprint density at radius 2 is 1.85 bits per heavy atom. The zero-order chi connectivity index (χ0) is 10.4. The topological polar surface area (TPSA) is 72.6 Å². The number of nitrogens with zero attached hydrogens (tertiary/aromatic N) is 1. The minimum Gasteiger partial charge on any atom is -0.367 e. The molecule has 0 aromatic carbocycles. The first-order valence-corrected chi connectivity index (χ1v) is 4.19. The summed E-state index contributed by atoms with van der Waals surface area (Å²) in [6.07, 6.45) is -1.07. The highest BCUT2D eigenvalue weighted by Crippen LogP contribution is 2.44. The molecule has 0 saturated carbocycles. The zero-order valence-electron chi connectivity index (χ0n) is 8.27. The van der Waals surface area contributed by atoms with Crippen LogP contribution in [0.15, 0.2) is 0 Å². The van der Waals surface area contributed by atoms with Gasteiger partial charge in [-0.1, -0.05) is 0 Å². The molecule has 0 bridgehead atoms. The third kappa shape index (κ3) is 1.42. The molecule has 2 atom stereocenters. The van der Waals surface area contributed by atoms with Crippen molar-refractivity contribution in [2.75, 3.05) is 0 Å². The predicted octanol–water partition coefficient (Wildman–Crippen LogP) is 0.785. The number of ether oxygens (including phenoxy) is 1. The average Bonchev–Trinajstić information content (AvgIpc) is 1.96. The summed E-state index contributed by atoms with van der Waals surface area (Å²) >= 11 is 0. The van der Waals surface area contributed by atoms with Gasteiger partial charge < -0.3 is 9.84 Å². The second-order valence-corrected chi connectivity index (χ2v) is 4.58. The van der Waals surface area contributed by atoms with Gasteiger partial charge in [0, 0.05) is 4.92 Å². The number of nitro groups is 1. The van der Waals surface area contributed by atoms with Crippen molar-refractivity contribution in [3.8, 4) is 0 Å². The summed E-state index contributed by atoms with van der Waals surface area (Å²) < 4.78 is 5.15. The average molecular weight is 189 g/mol. The number of hydrogen-bond acceptors (Lipinski definition) is 4. The number of hydrogen-bond donors (Lipinski definition) is 1. The Morgan fingerprint density at radius 1 is 1.38 bits per heavy atom. The van der Waals surface area contributed by atoms with Crippen LogP contribution in [-0.4, -0.2) is 28.0 Å². The Balaban J connectivity index is 3.07. The molecule has 0 radical (unpaired) electrons. The van der Waals surface area contributed by atoms with Crippen LogP contribution >= 0.6 is 0 Å². The monoisotopic (exact) mass is 189 g/mol. The minimum absolute atomic E-state index is 0.379. The highest BCUT2D eigenvalue weighted by Gasteiger charge is 2.62. The largest absolute Gasteiger partial charge is 0.367 e. The molecule has 0 aromatic heterocycles. The first-order valence-electron chi connectivity index (χ1n) is 4.19. The lowest BCUT2D eigenvalue weighted by molar-refractivity contribution is -0.549. The van der Waals surface area contributed by atoms with E-state index >= 15 is 0 Å². The van der Waals surface area contributed by atoms with Gasteiger partial charge in [-0.15, -0.1) is 0 Å². The van der Waals surface area contributed by atoms with Crippen LogP contribution in [0.1, 0.15) is 27.7 Å².